The van der Waals surface area contributed by atoms with Crippen LogP contribution in [0.25, 0.3) is 11.4 Å². The highest BCUT2D eigenvalue weighted by Gasteiger charge is 2.05. The Morgan fingerprint density at radius 3 is 2.60 bits per heavy atom. The Kier molecular flexibility index (Phi) is 4.53. The molecule has 1 aromatic heterocycles. The molecular weight excluding hydrogens is 254 g/mol. The van der Waals surface area contributed by atoms with Gasteiger partial charge < -0.3 is 15.5 Å². The van der Waals surface area contributed by atoms with Crippen molar-refractivity contribution in [2.45, 2.75) is 26.4 Å². The molecule has 1 aromatic carbocycles. The lowest BCUT2D eigenvalue weighted by molar-refractivity contribution is 0.242. The van der Waals surface area contributed by atoms with Crippen LogP contribution in [0.5, 0.6) is 5.75 Å². The lowest BCUT2D eigenvalue weighted by atomic mass is 10.2. The van der Waals surface area contributed by atoms with Crippen LogP contribution in [-0.2, 0) is 6.42 Å². The standard InChI is InChI=1S/C15H19N3O2/c1-10(2)20-13-5-3-11(4-6-13)15-17-12(7-8-16)9-14(19)18-15/h3-6,9-10H,7-8,16H2,1-2H3,(H,17,18,19). The molecular formula is C15H19N3O2. The van der Waals surface area contributed by atoms with Crippen LogP contribution in [0.2, 0.25) is 0 Å². The highest BCUT2D eigenvalue weighted by molar-refractivity contribution is 5.56. The third-order valence-corrected chi connectivity index (χ3v) is 2.69. The van der Waals surface area contributed by atoms with Crippen LogP contribution in [-0.4, -0.2) is 22.6 Å². The minimum absolute atomic E-state index is 0.131. The summed E-state index contributed by atoms with van der Waals surface area (Å²) in [7, 11) is 0. The number of benzene rings is 1. The smallest absolute Gasteiger partial charge is 0.251 e. The Morgan fingerprint density at radius 1 is 1.30 bits per heavy atom. The number of nitrogens with two attached hydrogens (primary N) is 1. The van der Waals surface area contributed by atoms with Crippen molar-refractivity contribution in [1.29, 1.82) is 0 Å². The molecule has 0 fully saturated rings. The molecule has 1 heterocycles. The number of H-pyrrole nitrogens is 1. The number of nitrogens with zero attached hydrogens (tertiary/aromatic N) is 1. The molecule has 0 radical (unpaired) electrons. The molecule has 0 saturated carbocycles. The number of nitrogens with one attached hydrogen (secondary N) is 1. The maximum atomic E-state index is 11.6. The predicted octanol–water partition coefficient (Wildman–Crippen LogP) is 1.73. The van der Waals surface area contributed by atoms with Gasteiger partial charge in [0.15, 0.2) is 0 Å². The van der Waals surface area contributed by atoms with Crippen molar-refractivity contribution in [1.82, 2.24) is 9.97 Å². The SMILES string of the molecule is CC(C)Oc1ccc(-c2nc(CCN)cc(=O)[nH]2)cc1. The Balaban J connectivity index is 2.29. The fourth-order valence-electron chi connectivity index (χ4n) is 1.88. The van der Waals surface area contributed by atoms with E-state index in [1.54, 1.807) is 0 Å². The van der Waals surface area contributed by atoms with Gasteiger partial charge in [-0.25, -0.2) is 4.98 Å². The third kappa shape index (κ3) is 3.68. The molecule has 0 aliphatic rings. The zero-order valence-corrected chi connectivity index (χ0v) is 11.7. The van der Waals surface area contributed by atoms with Crippen molar-refractivity contribution >= 4 is 0 Å². The molecule has 2 rings (SSSR count). The molecule has 5 heteroatoms. The lowest BCUT2D eigenvalue weighted by Gasteiger charge is -2.10. The quantitative estimate of drug-likeness (QED) is 0.869. The maximum absolute atomic E-state index is 11.6. The monoisotopic (exact) mass is 273 g/mol. The van der Waals surface area contributed by atoms with Gasteiger partial charge in [-0.15, -0.1) is 0 Å². The number of rotatable bonds is 5. The second-order valence-corrected chi connectivity index (χ2v) is 4.81. The van der Waals surface area contributed by atoms with Crippen molar-refractivity contribution in [2.75, 3.05) is 6.54 Å². The molecule has 0 aliphatic carbocycles. The summed E-state index contributed by atoms with van der Waals surface area (Å²) in [4.78, 5) is 18.8. The normalized spacial score (nSPS) is 10.8. The topological polar surface area (TPSA) is 81.0 Å². The Labute approximate surface area is 117 Å². The number of hydrogen-bond donors (Lipinski definition) is 2. The fourth-order valence-corrected chi connectivity index (χ4v) is 1.88. The summed E-state index contributed by atoms with van der Waals surface area (Å²) in [5.74, 6) is 1.35. The molecule has 0 spiro atoms. The van der Waals surface area contributed by atoms with E-state index in [1.807, 2.05) is 38.1 Å². The summed E-state index contributed by atoms with van der Waals surface area (Å²) in [6.07, 6.45) is 0.720. The van der Waals surface area contributed by atoms with Gasteiger partial charge >= 0.3 is 0 Å². The van der Waals surface area contributed by atoms with E-state index >= 15 is 0 Å². The van der Waals surface area contributed by atoms with Crippen LogP contribution in [0.3, 0.4) is 0 Å². The van der Waals surface area contributed by atoms with Gasteiger partial charge in [0.1, 0.15) is 11.6 Å². The molecule has 0 aliphatic heterocycles. The van der Waals surface area contributed by atoms with Crippen LogP contribution >= 0.6 is 0 Å². The van der Waals surface area contributed by atoms with Crippen molar-refractivity contribution < 1.29 is 4.74 Å². The van der Waals surface area contributed by atoms with Gasteiger partial charge in [-0.2, -0.15) is 0 Å². The van der Waals surface area contributed by atoms with Gasteiger partial charge in [-0.05, 0) is 44.7 Å². The molecule has 20 heavy (non-hydrogen) atoms. The second-order valence-electron chi connectivity index (χ2n) is 4.81. The average molecular weight is 273 g/mol. The van der Waals surface area contributed by atoms with Crippen molar-refractivity contribution in [3.05, 3.63) is 46.4 Å². The summed E-state index contributed by atoms with van der Waals surface area (Å²) in [6.45, 7) is 4.42. The van der Waals surface area contributed by atoms with Gasteiger partial charge in [-0.1, -0.05) is 0 Å². The first-order valence-electron chi connectivity index (χ1n) is 6.66. The summed E-state index contributed by atoms with van der Waals surface area (Å²) in [5.41, 5.74) is 6.88. The first kappa shape index (κ1) is 14.3. The largest absolute Gasteiger partial charge is 0.491 e. The summed E-state index contributed by atoms with van der Waals surface area (Å²) in [5, 5.41) is 0. The van der Waals surface area contributed by atoms with E-state index in [1.165, 1.54) is 6.07 Å². The summed E-state index contributed by atoms with van der Waals surface area (Å²) < 4.78 is 5.58. The van der Waals surface area contributed by atoms with Gasteiger partial charge in [-0.3, -0.25) is 4.79 Å². The minimum Gasteiger partial charge on any atom is -0.491 e. The molecule has 0 amide bonds. The third-order valence-electron chi connectivity index (χ3n) is 2.69. The second kappa shape index (κ2) is 6.34. The van der Waals surface area contributed by atoms with E-state index < -0.39 is 0 Å². The molecule has 0 atom stereocenters. The fraction of sp³-hybridized carbons (Fsp3) is 0.333. The Morgan fingerprint density at radius 2 is 2.00 bits per heavy atom. The first-order chi connectivity index (χ1) is 9.58. The number of aromatic nitrogens is 2. The highest BCUT2D eigenvalue weighted by Crippen LogP contribution is 2.19. The molecule has 0 unspecified atom stereocenters. The van der Waals surface area contributed by atoms with Crippen LogP contribution in [0.15, 0.2) is 35.1 Å². The number of hydrogen-bond acceptors (Lipinski definition) is 4. The van der Waals surface area contributed by atoms with Crippen molar-refractivity contribution in [3.63, 3.8) is 0 Å². The lowest BCUT2D eigenvalue weighted by Crippen LogP contribution is -2.13. The summed E-state index contributed by atoms with van der Waals surface area (Å²) in [6, 6.07) is 8.97. The van der Waals surface area contributed by atoms with Crippen LogP contribution in [0.4, 0.5) is 0 Å². The van der Waals surface area contributed by atoms with Gasteiger partial charge in [0.2, 0.25) is 0 Å². The minimum atomic E-state index is -0.166. The van der Waals surface area contributed by atoms with Crippen LogP contribution in [0, 0.1) is 0 Å². The van der Waals surface area contributed by atoms with E-state index in [2.05, 4.69) is 9.97 Å². The molecule has 3 N–H and O–H groups in total. The molecule has 5 nitrogen and oxygen atoms in total. The van der Waals surface area contributed by atoms with Gasteiger partial charge in [0, 0.05) is 23.7 Å². The molecule has 106 valence electrons. The van der Waals surface area contributed by atoms with Gasteiger partial charge in [0.25, 0.3) is 5.56 Å². The van der Waals surface area contributed by atoms with E-state index in [4.69, 9.17) is 10.5 Å². The summed E-state index contributed by atoms with van der Waals surface area (Å²) >= 11 is 0. The van der Waals surface area contributed by atoms with Crippen LogP contribution < -0.4 is 16.0 Å². The number of aromatic amines is 1. The average Bonchev–Trinajstić information content (AvgIpc) is 2.38. The molecule has 2 aromatic rings. The number of ether oxygens (including phenoxy) is 1. The predicted molar refractivity (Wildman–Crippen MR) is 78.8 cm³/mol. The first-order valence-corrected chi connectivity index (χ1v) is 6.66. The van der Waals surface area contributed by atoms with Crippen molar-refractivity contribution in [2.24, 2.45) is 5.73 Å². The van der Waals surface area contributed by atoms with E-state index in [0.717, 1.165) is 11.3 Å². The van der Waals surface area contributed by atoms with E-state index in [0.29, 0.717) is 24.5 Å². The van der Waals surface area contributed by atoms with E-state index in [9.17, 15) is 4.79 Å². The Bertz CT molecular complexity index is 618. The zero-order valence-electron chi connectivity index (χ0n) is 11.7. The molecule has 0 saturated heterocycles. The zero-order chi connectivity index (χ0) is 14.5. The van der Waals surface area contributed by atoms with Gasteiger partial charge in [0.05, 0.1) is 6.10 Å². The van der Waals surface area contributed by atoms with E-state index in [-0.39, 0.29) is 11.7 Å². The maximum Gasteiger partial charge on any atom is 0.251 e. The molecule has 0 bridgehead atoms. The Hall–Kier alpha value is -2.14. The van der Waals surface area contributed by atoms with Crippen molar-refractivity contribution in [3.8, 4) is 17.1 Å². The highest BCUT2D eigenvalue weighted by atomic mass is 16.5. The van der Waals surface area contributed by atoms with Crippen LogP contribution in [0.1, 0.15) is 19.5 Å².